The van der Waals surface area contributed by atoms with Crippen LogP contribution in [0.15, 0.2) is 24.4 Å². The Morgan fingerprint density at radius 1 is 1.47 bits per heavy atom. The van der Waals surface area contributed by atoms with Gasteiger partial charge in [-0.25, -0.2) is 0 Å². The molecule has 1 amide bonds. The largest absolute Gasteiger partial charge is 0.508 e. The molecule has 1 heterocycles. The molecule has 19 heavy (non-hydrogen) atoms. The number of aromatic nitrogens is 2. The van der Waals surface area contributed by atoms with Crippen molar-refractivity contribution in [3.8, 4) is 17.6 Å². The highest BCUT2D eigenvalue weighted by Crippen LogP contribution is 2.23. The predicted molar refractivity (Wildman–Crippen MR) is 65.6 cm³/mol. The second-order valence-electron chi connectivity index (χ2n) is 3.83. The van der Waals surface area contributed by atoms with E-state index < -0.39 is 5.91 Å². The number of hydrogen-bond acceptors (Lipinski definition) is 5. The van der Waals surface area contributed by atoms with Gasteiger partial charge in [0.25, 0.3) is 5.91 Å². The molecular formula is C12H10N4O3. The molecule has 0 bridgehead atoms. The first kappa shape index (κ1) is 12.4. The molecule has 3 N–H and O–H groups in total. The Labute approximate surface area is 108 Å². The summed E-state index contributed by atoms with van der Waals surface area (Å²) < 4.78 is 1.39. The number of nitrogens with one attached hydrogen (secondary N) is 1. The van der Waals surface area contributed by atoms with Crippen molar-refractivity contribution in [2.75, 3.05) is 5.32 Å². The van der Waals surface area contributed by atoms with E-state index in [0.717, 1.165) is 6.07 Å². The molecule has 0 spiro atoms. The molecule has 0 unspecified atom stereocenters. The van der Waals surface area contributed by atoms with Gasteiger partial charge in [-0.05, 0) is 18.2 Å². The van der Waals surface area contributed by atoms with Gasteiger partial charge in [0.15, 0.2) is 5.82 Å². The summed E-state index contributed by atoms with van der Waals surface area (Å²) in [5.41, 5.74) is 0.102. The molecule has 0 aliphatic heterocycles. The average molecular weight is 258 g/mol. The minimum Gasteiger partial charge on any atom is -0.508 e. The Hall–Kier alpha value is -3.01. The van der Waals surface area contributed by atoms with E-state index in [0.29, 0.717) is 0 Å². The van der Waals surface area contributed by atoms with Gasteiger partial charge in [0.05, 0.1) is 5.56 Å². The number of hydrogen-bond donors (Lipinski definition) is 3. The van der Waals surface area contributed by atoms with Crippen LogP contribution >= 0.6 is 0 Å². The number of phenolic OH excluding ortho intramolecular Hbond substituents is 2. The Balaban J connectivity index is 2.31. The van der Waals surface area contributed by atoms with Crippen LogP contribution < -0.4 is 5.32 Å². The van der Waals surface area contributed by atoms with Gasteiger partial charge in [0, 0.05) is 13.2 Å². The maximum Gasteiger partial charge on any atom is 0.260 e. The number of rotatable bonds is 2. The van der Waals surface area contributed by atoms with Crippen LogP contribution in [0.25, 0.3) is 0 Å². The van der Waals surface area contributed by atoms with Crippen LogP contribution in [0.4, 0.5) is 5.82 Å². The van der Waals surface area contributed by atoms with Gasteiger partial charge in [-0.3, -0.25) is 9.48 Å². The monoisotopic (exact) mass is 258 g/mol. The van der Waals surface area contributed by atoms with Crippen LogP contribution in [0, 0.1) is 11.3 Å². The molecule has 0 fully saturated rings. The topological polar surface area (TPSA) is 111 Å². The molecule has 2 aromatic rings. The summed E-state index contributed by atoms with van der Waals surface area (Å²) >= 11 is 0. The van der Waals surface area contributed by atoms with E-state index >= 15 is 0 Å². The van der Waals surface area contributed by atoms with E-state index in [4.69, 9.17) is 5.26 Å². The number of benzene rings is 1. The van der Waals surface area contributed by atoms with Gasteiger partial charge in [-0.15, -0.1) is 0 Å². The zero-order valence-corrected chi connectivity index (χ0v) is 9.95. The lowest BCUT2D eigenvalue weighted by atomic mass is 10.1. The highest BCUT2D eigenvalue weighted by Gasteiger charge is 2.16. The fourth-order valence-corrected chi connectivity index (χ4v) is 1.54. The molecule has 0 aliphatic carbocycles. The molecule has 96 valence electrons. The maximum absolute atomic E-state index is 11.9. The number of aryl methyl sites for hydroxylation is 1. The Morgan fingerprint density at radius 3 is 2.89 bits per heavy atom. The summed E-state index contributed by atoms with van der Waals surface area (Å²) in [6, 6.07) is 5.47. The average Bonchev–Trinajstić information content (AvgIpc) is 2.72. The standard InChI is InChI=1S/C12H10N4O3/c1-16-6-7(5-13)11(15-16)14-12(19)9-4-8(17)2-3-10(9)18/h2-4,6,17-18H,1H3,(H,14,15,19). The van der Waals surface area contributed by atoms with Gasteiger partial charge in [0.2, 0.25) is 0 Å². The van der Waals surface area contributed by atoms with E-state index in [2.05, 4.69) is 10.4 Å². The van der Waals surface area contributed by atoms with Gasteiger partial charge >= 0.3 is 0 Å². The van der Waals surface area contributed by atoms with Crippen LogP contribution in [0.1, 0.15) is 15.9 Å². The lowest BCUT2D eigenvalue weighted by Crippen LogP contribution is -2.13. The molecule has 1 aromatic heterocycles. The number of carbonyl (C=O) groups excluding carboxylic acids is 1. The number of aromatic hydroxyl groups is 2. The Bertz CT molecular complexity index is 685. The molecule has 0 saturated heterocycles. The van der Waals surface area contributed by atoms with E-state index in [-0.39, 0.29) is 28.4 Å². The molecule has 1 aromatic carbocycles. The zero-order valence-electron chi connectivity index (χ0n) is 9.95. The van der Waals surface area contributed by atoms with E-state index in [1.807, 2.05) is 6.07 Å². The highest BCUT2D eigenvalue weighted by molar-refractivity contribution is 6.06. The Morgan fingerprint density at radius 2 is 2.21 bits per heavy atom. The number of anilines is 1. The van der Waals surface area contributed by atoms with Crippen LogP contribution in [-0.4, -0.2) is 25.9 Å². The first-order valence-corrected chi connectivity index (χ1v) is 5.28. The van der Waals surface area contributed by atoms with Crippen molar-refractivity contribution in [3.63, 3.8) is 0 Å². The number of phenols is 2. The zero-order chi connectivity index (χ0) is 14.0. The van der Waals surface area contributed by atoms with Crippen molar-refractivity contribution in [1.82, 2.24) is 9.78 Å². The Kier molecular flexibility index (Phi) is 3.08. The van der Waals surface area contributed by atoms with E-state index in [1.165, 1.54) is 23.0 Å². The molecule has 0 aliphatic rings. The van der Waals surface area contributed by atoms with Crippen molar-refractivity contribution in [3.05, 3.63) is 35.5 Å². The molecule has 2 rings (SSSR count). The lowest BCUT2D eigenvalue weighted by molar-refractivity contribution is 0.102. The van der Waals surface area contributed by atoms with Crippen LogP contribution in [0.5, 0.6) is 11.5 Å². The van der Waals surface area contributed by atoms with Gasteiger partial charge in [0.1, 0.15) is 23.1 Å². The summed E-state index contributed by atoms with van der Waals surface area (Å²) in [6.07, 6.45) is 1.46. The third-order valence-corrected chi connectivity index (χ3v) is 2.41. The van der Waals surface area contributed by atoms with Crippen LogP contribution in [0.3, 0.4) is 0 Å². The molecule has 0 radical (unpaired) electrons. The van der Waals surface area contributed by atoms with Crippen molar-refractivity contribution < 1.29 is 15.0 Å². The van der Waals surface area contributed by atoms with E-state index in [9.17, 15) is 15.0 Å². The second kappa shape index (κ2) is 4.70. The fourth-order valence-electron chi connectivity index (χ4n) is 1.54. The normalized spacial score (nSPS) is 9.89. The summed E-state index contributed by atoms with van der Waals surface area (Å²) in [5, 5.41) is 34.0. The molecule has 7 heteroatoms. The van der Waals surface area contributed by atoms with Crippen molar-refractivity contribution in [2.24, 2.45) is 7.05 Å². The van der Waals surface area contributed by atoms with Crippen molar-refractivity contribution in [2.45, 2.75) is 0 Å². The summed E-state index contributed by atoms with van der Waals surface area (Å²) in [7, 11) is 1.61. The summed E-state index contributed by atoms with van der Waals surface area (Å²) in [5.74, 6) is -0.990. The maximum atomic E-state index is 11.9. The summed E-state index contributed by atoms with van der Waals surface area (Å²) in [6.45, 7) is 0. The van der Waals surface area contributed by atoms with Crippen molar-refractivity contribution in [1.29, 1.82) is 5.26 Å². The first-order valence-electron chi connectivity index (χ1n) is 5.28. The number of nitrogens with zero attached hydrogens (tertiary/aromatic N) is 3. The quantitative estimate of drug-likeness (QED) is 0.694. The summed E-state index contributed by atoms with van der Waals surface area (Å²) in [4.78, 5) is 11.9. The van der Waals surface area contributed by atoms with Gasteiger partial charge in [-0.2, -0.15) is 10.4 Å². The van der Waals surface area contributed by atoms with Gasteiger partial charge < -0.3 is 15.5 Å². The smallest absolute Gasteiger partial charge is 0.260 e. The van der Waals surface area contributed by atoms with Crippen LogP contribution in [-0.2, 0) is 7.05 Å². The number of nitriles is 1. The minimum absolute atomic E-state index is 0.0951. The van der Waals surface area contributed by atoms with Gasteiger partial charge in [-0.1, -0.05) is 0 Å². The van der Waals surface area contributed by atoms with E-state index in [1.54, 1.807) is 7.05 Å². The van der Waals surface area contributed by atoms with Crippen molar-refractivity contribution >= 4 is 11.7 Å². The lowest BCUT2D eigenvalue weighted by Gasteiger charge is -2.05. The fraction of sp³-hybridized carbons (Fsp3) is 0.0833. The van der Waals surface area contributed by atoms with Crippen LogP contribution in [0.2, 0.25) is 0 Å². The molecule has 0 saturated carbocycles. The third-order valence-electron chi connectivity index (χ3n) is 2.41. The molecule has 0 atom stereocenters. The third kappa shape index (κ3) is 2.47. The number of amides is 1. The highest BCUT2D eigenvalue weighted by atomic mass is 16.3. The molecular weight excluding hydrogens is 248 g/mol. The predicted octanol–water partition coefficient (Wildman–Crippen LogP) is 0.955. The SMILES string of the molecule is Cn1cc(C#N)c(NC(=O)c2cc(O)ccc2O)n1. The number of carbonyl (C=O) groups is 1. The first-order chi connectivity index (χ1) is 9.01. The minimum atomic E-state index is -0.663. The second-order valence-corrected chi connectivity index (χ2v) is 3.83. The molecule has 7 nitrogen and oxygen atoms in total.